The Morgan fingerprint density at radius 1 is 1.22 bits per heavy atom. The minimum Gasteiger partial charge on any atom is -0.393 e. The summed E-state index contributed by atoms with van der Waals surface area (Å²) >= 11 is 7.50. The molecule has 0 bridgehead atoms. The molecule has 37 heavy (non-hydrogen) atoms. The van der Waals surface area contributed by atoms with Crippen molar-refractivity contribution >= 4 is 51.3 Å². The highest BCUT2D eigenvalue weighted by Crippen LogP contribution is 2.30. The molecule has 9 heteroatoms. The third kappa shape index (κ3) is 6.04. The van der Waals surface area contributed by atoms with Crippen LogP contribution in [-0.2, 0) is 17.8 Å². The number of fused-ring (bicyclic) bond motifs is 1. The van der Waals surface area contributed by atoms with Crippen LogP contribution in [0.25, 0.3) is 0 Å². The second kappa shape index (κ2) is 11.0. The Labute approximate surface area is 225 Å². The summed E-state index contributed by atoms with van der Waals surface area (Å²) in [5.41, 5.74) is 4.71. The summed E-state index contributed by atoms with van der Waals surface area (Å²) in [7, 11) is 0. The highest BCUT2D eigenvalue weighted by Gasteiger charge is 2.23. The summed E-state index contributed by atoms with van der Waals surface area (Å²) in [4.78, 5) is 32.1. The lowest BCUT2D eigenvalue weighted by atomic mass is 9.98. The fraction of sp³-hybridized carbons (Fsp3) is 0.321. The molecule has 5 rings (SSSR count). The van der Waals surface area contributed by atoms with E-state index in [0.717, 1.165) is 42.5 Å². The largest absolute Gasteiger partial charge is 0.393 e. The lowest BCUT2D eigenvalue weighted by Crippen LogP contribution is -2.34. The maximum Gasteiger partial charge on any atom is 0.267 e. The molecule has 1 aliphatic heterocycles. The van der Waals surface area contributed by atoms with Crippen molar-refractivity contribution in [2.45, 2.75) is 45.3 Å². The van der Waals surface area contributed by atoms with Crippen LogP contribution in [-0.4, -0.2) is 39.5 Å². The number of carbonyl (C=O) groups excluding carboxylic acids is 2. The van der Waals surface area contributed by atoms with Crippen molar-refractivity contribution in [3.63, 3.8) is 0 Å². The van der Waals surface area contributed by atoms with Crippen molar-refractivity contribution < 1.29 is 14.7 Å². The molecule has 2 unspecified atom stereocenters. The molecule has 0 saturated heterocycles. The molecule has 0 radical (unpaired) electrons. The minimum atomic E-state index is -0.255. The summed E-state index contributed by atoms with van der Waals surface area (Å²) < 4.78 is 0. The number of halogens is 1. The molecular formula is C28H29ClN4O3S. The van der Waals surface area contributed by atoms with E-state index < -0.39 is 0 Å². The minimum absolute atomic E-state index is 0.0230. The number of nitrogens with one attached hydrogen (secondary N) is 2. The van der Waals surface area contributed by atoms with Gasteiger partial charge in [0, 0.05) is 18.8 Å². The Hall–Kier alpha value is -3.20. The van der Waals surface area contributed by atoms with Crippen molar-refractivity contribution in [3.05, 3.63) is 81.3 Å². The quantitative estimate of drug-likeness (QED) is 0.351. The fourth-order valence-corrected chi connectivity index (χ4v) is 5.84. The van der Waals surface area contributed by atoms with Gasteiger partial charge in [-0.1, -0.05) is 47.2 Å². The van der Waals surface area contributed by atoms with Gasteiger partial charge in [-0.05, 0) is 79.5 Å². The molecule has 3 aromatic rings. The first-order valence-electron chi connectivity index (χ1n) is 12.4. The van der Waals surface area contributed by atoms with E-state index in [1.165, 1.54) is 16.9 Å². The first-order valence-corrected chi connectivity index (χ1v) is 13.6. The van der Waals surface area contributed by atoms with Gasteiger partial charge in [-0.25, -0.2) is 4.98 Å². The van der Waals surface area contributed by atoms with Gasteiger partial charge in [0.15, 0.2) is 5.13 Å². The van der Waals surface area contributed by atoms with Crippen molar-refractivity contribution in [2.24, 2.45) is 5.92 Å². The number of nitrogens with zero attached hydrogens (tertiary/aromatic N) is 2. The second-order valence-corrected chi connectivity index (χ2v) is 11.1. The number of rotatable bonds is 6. The molecule has 7 nitrogen and oxygen atoms in total. The van der Waals surface area contributed by atoms with Gasteiger partial charge < -0.3 is 20.6 Å². The summed E-state index contributed by atoms with van der Waals surface area (Å²) in [5, 5.41) is 17.0. The standard InChI is InChI=1S/C28H29ClN4O3S/c1-17-3-2-4-23(29)26(17)32-27(36)24-15-30-28(37-24)31-21-8-7-20-16-33(12-11-19(20)14-21)25(35)10-6-18-5-9-22(34)13-18/h2-4,6-8,10,14-15,18,22,34H,5,9,11-13,16H2,1H3,(H,30,31)(H,32,36)/b10-6+. The predicted molar refractivity (Wildman–Crippen MR) is 148 cm³/mol. The number of aromatic nitrogens is 1. The van der Waals surface area contributed by atoms with Gasteiger partial charge in [0.1, 0.15) is 4.88 Å². The Balaban J connectivity index is 1.19. The van der Waals surface area contributed by atoms with Crippen LogP contribution in [0.3, 0.4) is 0 Å². The molecule has 0 spiro atoms. The number of aliphatic hydroxyl groups is 1. The number of aliphatic hydroxyl groups excluding tert-OH is 1. The SMILES string of the molecule is Cc1cccc(Cl)c1NC(=O)c1cnc(Nc2ccc3c(c2)CCN(C(=O)/C=C/C2CCC(O)C2)C3)s1. The van der Waals surface area contributed by atoms with E-state index >= 15 is 0 Å². The topological polar surface area (TPSA) is 94.6 Å². The fourth-order valence-electron chi connectivity index (χ4n) is 4.83. The molecule has 2 heterocycles. The van der Waals surface area contributed by atoms with E-state index in [-0.39, 0.29) is 17.9 Å². The number of thiazole rings is 1. The number of benzene rings is 2. The summed E-state index contributed by atoms with van der Waals surface area (Å²) in [6.07, 6.45) is 8.22. The number of aryl methyl sites for hydroxylation is 1. The van der Waals surface area contributed by atoms with Crippen molar-refractivity contribution in [3.8, 4) is 0 Å². The first-order chi connectivity index (χ1) is 17.9. The third-order valence-electron chi connectivity index (χ3n) is 6.93. The van der Waals surface area contributed by atoms with Crippen LogP contribution in [0.5, 0.6) is 0 Å². The normalized spacial score (nSPS) is 19.2. The van der Waals surface area contributed by atoms with E-state index in [1.807, 2.05) is 42.2 Å². The van der Waals surface area contributed by atoms with E-state index in [2.05, 4.69) is 21.7 Å². The van der Waals surface area contributed by atoms with Crippen molar-refractivity contribution in [1.29, 1.82) is 0 Å². The van der Waals surface area contributed by atoms with Crippen LogP contribution in [0.1, 0.15) is 45.6 Å². The number of allylic oxidation sites excluding steroid dienone is 1. The molecule has 2 aliphatic rings. The molecule has 2 atom stereocenters. The average Bonchev–Trinajstić information content (AvgIpc) is 3.53. The average molecular weight is 537 g/mol. The van der Waals surface area contributed by atoms with Crippen molar-refractivity contribution in [2.75, 3.05) is 17.2 Å². The molecule has 1 aromatic heterocycles. The Kier molecular flexibility index (Phi) is 7.60. The van der Waals surface area contributed by atoms with E-state index in [0.29, 0.717) is 39.7 Å². The number of carbonyl (C=O) groups is 2. The van der Waals surface area contributed by atoms with Gasteiger partial charge in [-0.3, -0.25) is 9.59 Å². The molecule has 2 aromatic carbocycles. The molecule has 2 amide bonds. The van der Waals surface area contributed by atoms with Gasteiger partial charge in [-0.2, -0.15) is 0 Å². The summed E-state index contributed by atoms with van der Waals surface area (Å²) in [5.74, 6) is 0.0623. The number of para-hydroxylation sites is 1. The van der Waals surface area contributed by atoms with E-state index in [9.17, 15) is 14.7 Å². The summed E-state index contributed by atoms with van der Waals surface area (Å²) in [6.45, 7) is 3.14. The Bertz CT molecular complexity index is 1330. The Morgan fingerprint density at radius 3 is 2.86 bits per heavy atom. The van der Waals surface area contributed by atoms with Crippen LogP contribution in [0, 0.1) is 12.8 Å². The maximum absolute atomic E-state index is 12.7. The van der Waals surface area contributed by atoms with E-state index in [1.54, 1.807) is 18.3 Å². The van der Waals surface area contributed by atoms with Crippen molar-refractivity contribution in [1.82, 2.24) is 9.88 Å². The zero-order valence-corrected chi connectivity index (χ0v) is 22.1. The van der Waals surface area contributed by atoms with Crippen LogP contribution in [0.15, 0.2) is 54.7 Å². The van der Waals surface area contributed by atoms with Gasteiger partial charge in [0.05, 0.1) is 23.0 Å². The van der Waals surface area contributed by atoms with Crippen LogP contribution >= 0.6 is 22.9 Å². The molecular weight excluding hydrogens is 508 g/mol. The van der Waals surface area contributed by atoms with Crippen LogP contribution < -0.4 is 10.6 Å². The third-order valence-corrected chi connectivity index (χ3v) is 8.15. The lowest BCUT2D eigenvalue weighted by Gasteiger charge is -2.28. The maximum atomic E-state index is 12.7. The summed E-state index contributed by atoms with van der Waals surface area (Å²) in [6, 6.07) is 11.6. The molecule has 1 fully saturated rings. The predicted octanol–water partition coefficient (Wildman–Crippen LogP) is 5.70. The zero-order chi connectivity index (χ0) is 25.9. The number of hydrogen-bond acceptors (Lipinski definition) is 6. The van der Waals surface area contributed by atoms with Crippen LogP contribution in [0.2, 0.25) is 5.02 Å². The highest BCUT2D eigenvalue weighted by atomic mass is 35.5. The van der Waals surface area contributed by atoms with Gasteiger partial charge >= 0.3 is 0 Å². The molecule has 192 valence electrons. The number of amides is 2. The van der Waals surface area contributed by atoms with Gasteiger partial charge in [0.2, 0.25) is 5.91 Å². The first kappa shape index (κ1) is 25.4. The lowest BCUT2D eigenvalue weighted by molar-refractivity contribution is -0.126. The molecule has 1 saturated carbocycles. The zero-order valence-electron chi connectivity index (χ0n) is 20.5. The van der Waals surface area contributed by atoms with Gasteiger partial charge in [-0.15, -0.1) is 0 Å². The van der Waals surface area contributed by atoms with E-state index in [4.69, 9.17) is 11.6 Å². The number of hydrogen-bond donors (Lipinski definition) is 3. The number of anilines is 3. The van der Waals surface area contributed by atoms with Crippen LogP contribution in [0.4, 0.5) is 16.5 Å². The highest BCUT2D eigenvalue weighted by molar-refractivity contribution is 7.17. The smallest absolute Gasteiger partial charge is 0.267 e. The monoisotopic (exact) mass is 536 g/mol. The molecule has 3 N–H and O–H groups in total. The second-order valence-electron chi connectivity index (χ2n) is 9.62. The van der Waals surface area contributed by atoms with Gasteiger partial charge in [0.25, 0.3) is 5.91 Å². The molecule has 1 aliphatic carbocycles. The Morgan fingerprint density at radius 2 is 2.08 bits per heavy atom.